The summed E-state index contributed by atoms with van der Waals surface area (Å²) in [6.07, 6.45) is -13.1. The van der Waals surface area contributed by atoms with Crippen molar-refractivity contribution in [1.29, 1.82) is 0 Å². The molecule has 1 aliphatic heterocycles. The Hall–Kier alpha value is -4.52. The molecule has 6 nitrogen and oxygen atoms in total. The van der Waals surface area contributed by atoms with E-state index in [2.05, 4.69) is 4.74 Å². The van der Waals surface area contributed by atoms with Gasteiger partial charge in [-0.15, -0.1) is 11.8 Å². The second-order valence-electron chi connectivity index (χ2n) is 11.4. The van der Waals surface area contributed by atoms with Gasteiger partial charge in [-0.3, -0.25) is 9.59 Å². The number of pyridine rings is 1. The van der Waals surface area contributed by atoms with Gasteiger partial charge >= 0.3 is 6.18 Å². The summed E-state index contributed by atoms with van der Waals surface area (Å²) in [5.74, 6) is -5.76. The molecule has 1 saturated heterocycles. The van der Waals surface area contributed by atoms with Gasteiger partial charge in [-0.05, 0) is 66.6 Å². The Balaban J connectivity index is 1.63. The molecule has 12 heteroatoms. The lowest BCUT2D eigenvalue weighted by Crippen LogP contribution is -2.48. The van der Waals surface area contributed by atoms with Crippen LogP contribution in [-0.4, -0.2) is 59.5 Å². The fourth-order valence-corrected chi connectivity index (χ4v) is 6.03. The SMILES string of the molecule is [2H]c1c(C)c([2H])c2c(=O)c([2H])c(SCc3cccc(F)c3F)n(C([2H])([2H])C(=O)N(Cc3ccc(-c4ccc(C(F)(F)F)cc4)cc3)C3([2H])C([2H])([2H])C([2H])([2H])N(CCOC([2H])([2H])[2H])C([2H])([2H])C3([2H])[2H])c2c1[2H]. The highest BCUT2D eigenvalue weighted by molar-refractivity contribution is 7.98. The Morgan fingerprint density at radius 1 is 1.06 bits per heavy atom. The summed E-state index contributed by atoms with van der Waals surface area (Å²) in [5, 5.41) is -1.87. The van der Waals surface area contributed by atoms with Gasteiger partial charge < -0.3 is 19.1 Å². The molecule has 0 unspecified atom stereocenters. The van der Waals surface area contributed by atoms with Crippen LogP contribution in [0.15, 0.2) is 101 Å². The van der Waals surface area contributed by atoms with Crippen molar-refractivity contribution in [3.05, 3.63) is 135 Å². The Bertz CT molecular complexity index is 2930. The number of carbonyl (C=O) groups is 1. The average Bonchev–Trinajstić information content (AvgIpc) is 3.28. The predicted molar refractivity (Wildman–Crippen MR) is 198 cm³/mol. The molecule has 1 aliphatic rings. The molecule has 53 heavy (non-hydrogen) atoms. The molecule has 6 rings (SSSR count). The van der Waals surface area contributed by atoms with E-state index in [-0.39, 0.29) is 48.4 Å². The van der Waals surface area contributed by atoms with E-state index in [1.54, 1.807) is 0 Å². The molecule has 1 amide bonds. The smallest absolute Gasteiger partial charge is 0.383 e. The van der Waals surface area contributed by atoms with Crippen molar-refractivity contribution in [3.63, 3.8) is 0 Å². The third-order valence-electron chi connectivity index (χ3n) is 7.79. The maximum atomic E-state index is 15.6. The Morgan fingerprint density at radius 3 is 2.43 bits per heavy atom. The first-order valence-electron chi connectivity index (χ1n) is 24.6. The number of fused-ring (bicyclic) bond motifs is 1. The van der Waals surface area contributed by atoms with Crippen molar-refractivity contribution in [2.75, 3.05) is 33.2 Å². The maximum Gasteiger partial charge on any atom is 0.416 e. The van der Waals surface area contributed by atoms with Gasteiger partial charge in [0.15, 0.2) is 17.1 Å². The Morgan fingerprint density at radius 2 is 1.75 bits per heavy atom. The summed E-state index contributed by atoms with van der Waals surface area (Å²) in [7, 11) is -3.16. The molecule has 278 valence electrons. The van der Waals surface area contributed by atoms with E-state index < -0.39 is 151 Å². The zero-order valence-corrected chi connectivity index (χ0v) is 28.4. The summed E-state index contributed by atoms with van der Waals surface area (Å²) < 4.78 is 233. The lowest BCUT2D eigenvalue weighted by atomic mass is 10.00. The van der Waals surface area contributed by atoms with Crippen LogP contribution in [0.4, 0.5) is 22.0 Å². The lowest BCUT2D eigenvalue weighted by molar-refractivity contribution is -0.137. The number of methoxy groups -OCH3 is 1. The molecule has 0 atom stereocenters. The highest BCUT2D eigenvalue weighted by atomic mass is 32.2. The van der Waals surface area contributed by atoms with Crippen molar-refractivity contribution in [2.45, 2.75) is 55.7 Å². The van der Waals surface area contributed by atoms with Crippen LogP contribution in [0.3, 0.4) is 0 Å². The molecule has 0 N–H and O–H groups in total. The standard InChI is InChI=1S/C41H40F5N3O3S/c1-27-6-15-36-34(22-27)37(50)23-39(53-26-31-4-3-5-35(42)40(31)43)49(36)25-38(51)48(33-16-18-47(19-17-33)20-21-52-2)24-28-7-9-29(10-8-28)30-11-13-32(14-12-30)41(44,45)46/h3-15,22-23,33H,16-21,24-26H2,1-2H3/i2D3,6D,15D,16D2,17D2,18D2,19D2,22D,23D,25D2,33D. The molecule has 4 aromatic carbocycles. The topological polar surface area (TPSA) is 54.8 Å². The van der Waals surface area contributed by atoms with Crippen LogP contribution in [0.25, 0.3) is 22.0 Å². The fraction of sp³-hybridized carbons (Fsp3) is 0.317. The first-order valence-corrected chi connectivity index (χ1v) is 16.6. The zero-order chi connectivity index (χ0) is 53.6. The summed E-state index contributed by atoms with van der Waals surface area (Å²) in [4.78, 5) is 29.3. The molecule has 2 heterocycles. The summed E-state index contributed by atoms with van der Waals surface area (Å²) in [5.41, 5.74) is -3.97. The van der Waals surface area contributed by atoms with Crippen LogP contribution >= 0.6 is 11.8 Å². The third kappa shape index (κ3) is 9.17. The lowest BCUT2D eigenvalue weighted by Gasteiger charge is -2.39. The zero-order valence-electron chi connectivity index (χ0n) is 45.5. The number of halogens is 5. The normalized spacial score (nSPS) is 24.0. The van der Waals surface area contributed by atoms with Crippen LogP contribution in [0, 0.1) is 18.6 Å². The van der Waals surface area contributed by atoms with Crippen molar-refractivity contribution in [1.82, 2.24) is 14.4 Å². The molecular formula is C41H40F5N3O3S. The molecule has 5 aromatic rings. The van der Waals surface area contributed by atoms with Gasteiger partial charge in [0.05, 0.1) is 36.4 Å². The van der Waals surface area contributed by atoms with Crippen molar-refractivity contribution in [2.24, 2.45) is 0 Å². The van der Waals surface area contributed by atoms with Gasteiger partial charge in [0.2, 0.25) is 5.91 Å². The molecule has 1 aromatic heterocycles. The molecule has 0 spiro atoms. The largest absolute Gasteiger partial charge is 0.416 e. The monoisotopic (exact) mass is 767 g/mol. The van der Waals surface area contributed by atoms with Gasteiger partial charge in [-0.1, -0.05) is 60.1 Å². The second kappa shape index (κ2) is 16.7. The quantitative estimate of drug-likeness (QED) is 0.0940. The van der Waals surface area contributed by atoms with Crippen LogP contribution in [0.2, 0.25) is 0 Å². The Kier molecular flexibility index (Phi) is 6.72. The van der Waals surface area contributed by atoms with E-state index >= 15 is 9.18 Å². The minimum absolute atomic E-state index is 0.100. The fourth-order valence-electron chi connectivity index (χ4n) is 5.08. The molecule has 1 fully saturated rings. The molecule has 0 radical (unpaired) electrons. The maximum absolute atomic E-state index is 15.6. The van der Waals surface area contributed by atoms with Gasteiger partial charge in [0.25, 0.3) is 0 Å². The number of aromatic nitrogens is 1. The number of likely N-dealkylation sites (tertiary alicyclic amines) is 1. The molecular weight excluding hydrogens is 710 g/mol. The number of thioether (sulfide) groups is 1. The van der Waals surface area contributed by atoms with E-state index in [1.165, 1.54) is 12.1 Å². The number of hydrogen-bond donors (Lipinski definition) is 0. The van der Waals surface area contributed by atoms with Crippen LogP contribution in [0.1, 0.15) is 59.7 Å². The summed E-state index contributed by atoms with van der Waals surface area (Å²) >= 11 is 0.224. The minimum atomic E-state index is -4.69. The Labute approximate surface area is 334 Å². The van der Waals surface area contributed by atoms with Crippen LogP contribution in [0.5, 0.6) is 0 Å². The van der Waals surface area contributed by atoms with E-state index in [9.17, 15) is 32.0 Å². The number of benzene rings is 4. The van der Waals surface area contributed by atoms with Crippen molar-refractivity contribution >= 4 is 28.6 Å². The third-order valence-corrected chi connectivity index (χ3v) is 8.80. The van der Waals surface area contributed by atoms with Crippen molar-refractivity contribution in [3.8, 4) is 11.1 Å². The number of ether oxygens (including phenoxy) is 1. The van der Waals surface area contributed by atoms with Gasteiger partial charge in [-0.2, -0.15) is 13.2 Å². The number of rotatable bonds is 12. The van der Waals surface area contributed by atoms with Gasteiger partial charge in [0.1, 0.15) is 6.50 Å². The number of nitrogens with zero attached hydrogens (tertiary/aromatic N) is 3. The van der Waals surface area contributed by atoms with Crippen LogP contribution in [-0.2, 0) is 34.5 Å². The van der Waals surface area contributed by atoms with Gasteiger partial charge in [0, 0.05) is 72.9 Å². The van der Waals surface area contributed by atoms with E-state index in [1.807, 2.05) is 0 Å². The summed E-state index contributed by atoms with van der Waals surface area (Å²) in [6, 6.07) is 3.30. The number of carbonyl (C=O) groups excluding carboxylic acids is 1. The number of amides is 1. The minimum Gasteiger partial charge on any atom is -0.383 e. The number of alkyl halides is 3. The van der Waals surface area contributed by atoms with E-state index in [4.69, 9.17) is 15.1 Å². The van der Waals surface area contributed by atoms with E-state index in [0.717, 1.165) is 61.5 Å². The highest BCUT2D eigenvalue weighted by Gasteiger charge is 2.31. The molecule has 0 bridgehead atoms. The van der Waals surface area contributed by atoms with Gasteiger partial charge in [-0.25, -0.2) is 8.78 Å². The highest BCUT2D eigenvalue weighted by Crippen LogP contribution is 2.32. The van der Waals surface area contributed by atoms with E-state index in [0.29, 0.717) is 0 Å². The summed E-state index contributed by atoms with van der Waals surface area (Å²) in [6.45, 7) is -14.4. The predicted octanol–water partition coefficient (Wildman–Crippen LogP) is 8.71. The number of piperidine rings is 1. The molecule has 0 saturated carbocycles. The average molecular weight is 768 g/mol. The molecule has 0 aliphatic carbocycles. The van der Waals surface area contributed by atoms with Crippen molar-refractivity contribution < 1.29 is 56.2 Å². The second-order valence-corrected chi connectivity index (χ2v) is 12.4. The van der Waals surface area contributed by atoms with Crippen LogP contribution < -0.4 is 5.43 Å². The number of hydrogen-bond acceptors (Lipinski definition) is 5. The first-order chi connectivity index (χ1) is 32.4. The first kappa shape index (κ1) is 21.4.